The van der Waals surface area contributed by atoms with E-state index in [-0.39, 0.29) is 11.7 Å². The number of benzene rings is 1. The van der Waals surface area contributed by atoms with E-state index < -0.39 is 0 Å². The van der Waals surface area contributed by atoms with Crippen molar-refractivity contribution in [3.8, 4) is 0 Å². The molecule has 0 radical (unpaired) electrons. The van der Waals surface area contributed by atoms with Crippen LogP contribution in [0.3, 0.4) is 0 Å². The maximum atomic E-state index is 12.0. The van der Waals surface area contributed by atoms with Gasteiger partial charge < -0.3 is 5.32 Å². The smallest absolute Gasteiger partial charge is 0.165 e. The van der Waals surface area contributed by atoms with Crippen molar-refractivity contribution < 1.29 is 4.79 Å². The molecule has 0 atom stereocenters. The van der Waals surface area contributed by atoms with Crippen LogP contribution in [0.4, 0.5) is 5.69 Å². The number of hydrogen-bond donors (Lipinski definition) is 1. The topological polar surface area (TPSA) is 29.1 Å². The molecule has 0 amide bonds. The van der Waals surface area contributed by atoms with E-state index in [9.17, 15) is 4.79 Å². The van der Waals surface area contributed by atoms with Gasteiger partial charge in [-0.2, -0.15) is 0 Å². The van der Waals surface area contributed by atoms with Crippen LogP contribution >= 0.6 is 0 Å². The molecule has 1 aromatic rings. The second kappa shape index (κ2) is 4.05. The predicted octanol–water partition coefficient (Wildman–Crippen LogP) is 2.88. The van der Waals surface area contributed by atoms with E-state index >= 15 is 0 Å². The van der Waals surface area contributed by atoms with E-state index in [4.69, 9.17) is 0 Å². The number of anilines is 1. The van der Waals surface area contributed by atoms with Crippen molar-refractivity contribution in [2.24, 2.45) is 5.92 Å². The van der Waals surface area contributed by atoms with Gasteiger partial charge in [-0.05, 0) is 24.5 Å². The molecule has 2 rings (SSSR count). The van der Waals surface area contributed by atoms with Crippen LogP contribution in [0.25, 0.3) is 0 Å². The lowest BCUT2D eigenvalue weighted by Gasteiger charge is -2.21. The molecule has 1 aromatic carbocycles. The second-order valence-corrected chi connectivity index (χ2v) is 4.38. The zero-order valence-electron chi connectivity index (χ0n) is 9.34. The molecule has 0 bridgehead atoms. The summed E-state index contributed by atoms with van der Waals surface area (Å²) in [6.07, 6.45) is 2.15. The van der Waals surface area contributed by atoms with Gasteiger partial charge in [0.1, 0.15) is 0 Å². The molecular weight excluding hydrogens is 186 g/mol. The predicted molar refractivity (Wildman–Crippen MR) is 62.4 cm³/mol. The molecule has 15 heavy (non-hydrogen) atoms. The largest absolute Gasteiger partial charge is 0.385 e. The normalized spacial score (nSPS) is 14.6. The number of fused-ring (bicyclic) bond motifs is 1. The van der Waals surface area contributed by atoms with Crippen LogP contribution in [0.5, 0.6) is 0 Å². The van der Waals surface area contributed by atoms with Gasteiger partial charge in [-0.15, -0.1) is 0 Å². The van der Waals surface area contributed by atoms with Crippen LogP contribution in [0.15, 0.2) is 18.2 Å². The van der Waals surface area contributed by atoms with E-state index in [1.807, 2.05) is 26.0 Å². The van der Waals surface area contributed by atoms with Gasteiger partial charge in [0.25, 0.3) is 0 Å². The molecule has 1 N–H and O–H groups in total. The summed E-state index contributed by atoms with van der Waals surface area (Å²) < 4.78 is 0. The molecule has 0 unspecified atom stereocenters. The molecule has 0 spiro atoms. The van der Waals surface area contributed by atoms with Gasteiger partial charge in [0.05, 0.1) is 0 Å². The first-order chi connectivity index (χ1) is 7.20. The van der Waals surface area contributed by atoms with Crippen molar-refractivity contribution in [3.05, 3.63) is 29.3 Å². The average molecular weight is 203 g/mol. The maximum absolute atomic E-state index is 12.0. The van der Waals surface area contributed by atoms with Crippen LogP contribution in [0.2, 0.25) is 0 Å². The fourth-order valence-electron chi connectivity index (χ4n) is 2.05. The van der Waals surface area contributed by atoms with Crippen molar-refractivity contribution in [1.29, 1.82) is 0 Å². The number of hydrogen-bond acceptors (Lipinski definition) is 2. The molecule has 2 heteroatoms. The molecule has 80 valence electrons. The Morgan fingerprint density at radius 3 is 2.93 bits per heavy atom. The lowest BCUT2D eigenvalue weighted by atomic mass is 9.91. The molecule has 0 saturated heterocycles. The minimum atomic E-state index is 0.0819. The second-order valence-electron chi connectivity index (χ2n) is 4.38. The first kappa shape index (κ1) is 10.2. The molecular formula is C13H17NO. The van der Waals surface area contributed by atoms with E-state index in [1.165, 1.54) is 5.56 Å². The number of Topliss-reactive ketones (excluding diaryl/α,β-unsaturated/α-hetero) is 1. The summed E-state index contributed by atoms with van der Waals surface area (Å²) in [7, 11) is 0. The highest BCUT2D eigenvalue weighted by Gasteiger charge is 2.18. The Kier molecular flexibility index (Phi) is 2.76. The zero-order valence-corrected chi connectivity index (χ0v) is 9.34. The minimum Gasteiger partial charge on any atom is -0.385 e. The Hall–Kier alpha value is -1.31. The van der Waals surface area contributed by atoms with Crippen molar-refractivity contribution in [1.82, 2.24) is 0 Å². The summed E-state index contributed by atoms with van der Waals surface area (Å²) in [6.45, 7) is 4.93. The first-order valence-corrected chi connectivity index (χ1v) is 5.60. The third kappa shape index (κ3) is 1.89. The quantitative estimate of drug-likeness (QED) is 0.749. The third-order valence-corrected chi connectivity index (χ3v) is 2.88. The Balaban J connectivity index is 2.43. The summed E-state index contributed by atoms with van der Waals surface area (Å²) in [6, 6.07) is 5.98. The lowest BCUT2D eigenvalue weighted by Crippen LogP contribution is -2.17. The number of carbonyl (C=O) groups is 1. The van der Waals surface area contributed by atoms with Crippen LogP contribution in [-0.4, -0.2) is 12.3 Å². The molecule has 1 aliphatic rings. The zero-order chi connectivity index (χ0) is 10.8. The lowest BCUT2D eigenvalue weighted by molar-refractivity contribution is 0.0938. The van der Waals surface area contributed by atoms with E-state index in [2.05, 4.69) is 11.4 Å². The van der Waals surface area contributed by atoms with Crippen LogP contribution in [-0.2, 0) is 6.42 Å². The van der Waals surface area contributed by atoms with E-state index in [0.717, 1.165) is 30.6 Å². The van der Waals surface area contributed by atoms with Gasteiger partial charge in [0.2, 0.25) is 0 Å². The first-order valence-electron chi connectivity index (χ1n) is 5.60. The van der Waals surface area contributed by atoms with Gasteiger partial charge in [-0.25, -0.2) is 0 Å². The summed E-state index contributed by atoms with van der Waals surface area (Å²) in [5, 5.41) is 3.34. The van der Waals surface area contributed by atoms with E-state index in [1.54, 1.807) is 0 Å². The van der Waals surface area contributed by atoms with Gasteiger partial charge in [0, 0.05) is 23.7 Å². The highest BCUT2D eigenvalue weighted by molar-refractivity contribution is 6.00. The third-order valence-electron chi connectivity index (χ3n) is 2.88. The van der Waals surface area contributed by atoms with Crippen molar-refractivity contribution in [2.75, 3.05) is 11.9 Å². The summed E-state index contributed by atoms with van der Waals surface area (Å²) in [5.41, 5.74) is 3.27. The fourth-order valence-corrected chi connectivity index (χ4v) is 2.05. The van der Waals surface area contributed by atoms with Gasteiger partial charge in [-0.3, -0.25) is 4.79 Å². The fraction of sp³-hybridized carbons (Fsp3) is 0.462. The maximum Gasteiger partial charge on any atom is 0.165 e. The summed E-state index contributed by atoms with van der Waals surface area (Å²) in [5.74, 6) is 0.342. The molecule has 1 heterocycles. The molecule has 2 nitrogen and oxygen atoms in total. The standard InChI is InChI=1S/C13H17NO/c1-9(2)13(15)11-5-3-7-12-10(11)6-4-8-14-12/h3,5,7,9,14H,4,6,8H2,1-2H3. The molecule has 0 aliphatic carbocycles. The molecule has 0 saturated carbocycles. The van der Waals surface area contributed by atoms with Gasteiger partial charge in [-0.1, -0.05) is 26.0 Å². The Morgan fingerprint density at radius 2 is 2.20 bits per heavy atom. The van der Waals surface area contributed by atoms with Crippen molar-refractivity contribution in [3.63, 3.8) is 0 Å². The Labute approximate surface area is 90.7 Å². The average Bonchev–Trinajstić information content (AvgIpc) is 2.27. The highest BCUT2D eigenvalue weighted by atomic mass is 16.1. The minimum absolute atomic E-state index is 0.0819. The number of carbonyl (C=O) groups excluding carboxylic acids is 1. The van der Waals surface area contributed by atoms with E-state index in [0.29, 0.717) is 0 Å². The Morgan fingerprint density at radius 1 is 1.40 bits per heavy atom. The molecule has 1 aliphatic heterocycles. The SMILES string of the molecule is CC(C)C(=O)c1cccc2c1CCCN2. The highest BCUT2D eigenvalue weighted by Crippen LogP contribution is 2.26. The van der Waals surface area contributed by atoms with Gasteiger partial charge in [0.15, 0.2) is 5.78 Å². The van der Waals surface area contributed by atoms with Crippen LogP contribution in [0.1, 0.15) is 36.2 Å². The van der Waals surface area contributed by atoms with Crippen LogP contribution < -0.4 is 5.32 Å². The van der Waals surface area contributed by atoms with Gasteiger partial charge >= 0.3 is 0 Å². The monoisotopic (exact) mass is 203 g/mol. The number of nitrogens with one attached hydrogen (secondary N) is 1. The van der Waals surface area contributed by atoms with Crippen molar-refractivity contribution in [2.45, 2.75) is 26.7 Å². The van der Waals surface area contributed by atoms with Crippen molar-refractivity contribution >= 4 is 11.5 Å². The summed E-state index contributed by atoms with van der Waals surface area (Å²) >= 11 is 0. The number of ketones is 1. The van der Waals surface area contributed by atoms with Crippen LogP contribution in [0, 0.1) is 5.92 Å². The molecule has 0 fully saturated rings. The summed E-state index contributed by atoms with van der Waals surface area (Å²) in [4.78, 5) is 12.0. The Bertz CT molecular complexity index is 382. The number of rotatable bonds is 2. The molecule has 0 aromatic heterocycles.